The van der Waals surface area contributed by atoms with E-state index >= 15 is 0 Å². The zero-order chi connectivity index (χ0) is 18.8. The third kappa shape index (κ3) is 7.88. The topological polar surface area (TPSA) is 94.8 Å². The number of carboxylic acid groups (broad SMARTS) is 1. The molecule has 0 heterocycles. The molecule has 138 valence electrons. The van der Waals surface area contributed by atoms with Crippen LogP contribution in [0.3, 0.4) is 0 Å². The van der Waals surface area contributed by atoms with Crippen LogP contribution in [0.1, 0.15) is 74.7 Å². The molecule has 0 radical (unpaired) electrons. The average Bonchev–Trinajstić information content (AvgIpc) is 2.49. The van der Waals surface area contributed by atoms with Crippen molar-refractivity contribution in [1.82, 2.24) is 0 Å². The van der Waals surface area contributed by atoms with Gasteiger partial charge in [-0.2, -0.15) is 0 Å². The second-order valence-electron chi connectivity index (χ2n) is 6.71. The molecule has 25 heavy (non-hydrogen) atoms. The molecule has 0 amide bonds. The first-order valence-corrected chi connectivity index (χ1v) is 8.78. The SMILES string of the molecule is CC(C)CCCC(=O)CCCC/C=C/c1cc(O)cc(O)c1C(=O)O. The zero-order valence-electron chi connectivity index (χ0n) is 15.0. The second kappa shape index (κ2) is 10.5. The summed E-state index contributed by atoms with van der Waals surface area (Å²) in [5.74, 6) is -0.960. The maximum Gasteiger partial charge on any atom is 0.340 e. The normalized spacial score (nSPS) is 11.3. The number of rotatable bonds is 11. The number of carbonyl (C=O) groups is 2. The Morgan fingerprint density at radius 2 is 1.76 bits per heavy atom. The van der Waals surface area contributed by atoms with Crippen LogP contribution >= 0.6 is 0 Å². The van der Waals surface area contributed by atoms with E-state index in [1.807, 2.05) is 0 Å². The lowest BCUT2D eigenvalue weighted by molar-refractivity contribution is -0.119. The molecule has 5 nitrogen and oxygen atoms in total. The van der Waals surface area contributed by atoms with Gasteiger partial charge in [-0.25, -0.2) is 4.79 Å². The summed E-state index contributed by atoms with van der Waals surface area (Å²) in [5, 5.41) is 28.3. The molecule has 1 aromatic carbocycles. The van der Waals surface area contributed by atoms with Crippen LogP contribution in [0.15, 0.2) is 18.2 Å². The first-order valence-electron chi connectivity index (χ1n) is 8.78. The molecular formula is C20H28O5. The quantitative estimate of drug-likeness (QED) is 0.501. The van der Waals surface area contributed by atoms with Crippen LogP contribution in [0.2, 0.25) is 0 Å². The minimum Gasteiger partial charge on any atom is -0.508 e. The highest BCUT2D eigenvalue weighted by molar-refractivity contribution is 5.95. The molecule has 0 spiro atoms. The lowest BCUT2D eigenvalue weighted by Gasteiger charge is -2.05. The largest absolute Gasteiger partial charge is 0.508 e. The molecule has 3 N–H and O–H groups in total. The summed E-state index contributed by atoms with van der Waals surface area (Å²) < 4.78 is 0. The molecule has 1 aromatic rings. The molecule has 0 atom stereocenters. The molecule has 0 fully saturated rings. The van der Waals surface area contributed by atoms with Crippen molar-refractivity contribution in [3.8, 4) is 11.5 Å². The van der Waals surface area contributed by atoms with Gasteiger partial charge in [0, 0.05) is 18.9 Å². The number of aromatic carboxylic acids is 1. The van der Waals surface area contributed by atoms with E-state index in [-0.39, 0.29) is 16.9 Å². The van der Waals surface area contributed by atoms with Crippen molar-refractivity contribution in [2.24, 2.45) is 5.92 Å². The highest BCUT2D eigenvalue weighted by Crippen LogP contribution is 2.28. The van der Waals surface area contributed by atoms with Gasteiger partial charge in [-0.1, -0.05) is 32.4 Å². The molecule has 5 heteroatoms. The van der Waals surface area contributed by atoms with E-state index in [0.29, 0.717) is 31.0 Å². The van der Waals surface area contributed by atoms with Gasteiger partial charge in [0.15, 0.2) is 0 Å². The molecule has 0 aliphatic carbocycles. The number of phenolic OH excluding ortho intramolecular Hbond substituents is 1. The predicted molar refractivity (Wildman–Crippen MR) is 97.9 cm³/mol. The number of benzene rings is 1. The van der Waals surface area contributed by atoms with Gasteiger partial charge in [0.05, 0.1) is 0 Å². The van der Waals surface area contributed by atoms with Crippen molar-refractivity contribution in [1.29, 1.82) is 0 Å². The summed E-state index contributed by atoms with van der Waals surface area (Å²) >= 11 is 0. The Labute approximate surface area is 149 Å². The number of hydrogen-bond donors (Lipinski definition) is 3. The number of carboxylic acids is 1. The van der Waals surface area contributed by atoms with Crippen molar-refractivity contribution >= 4 is 17.8 Å². The Morgan fingerprint density at radius 1 is 1.08 bits per heavy atom. The molecule has 0 aliphatic heterocycles. The van der Waals surface area contributed by atoms with E-state index in [1.165, 1.54) is 6.07 Å². The molecule has 0 saturated carbocycles. The molecule has 0 unspecified atom stereocenters. The predicted octanol–water partition coefficient (Wildman–Crippen LogP) is 4.77. The van der Waals surface area contributed by atoms with Crippen LogP contribution in [0.4, 0.5) is 0 Å². The Balaban J connectivity index is 2.40. The summed E-state index contributed by atoms with van der Waals surface area (Å²) in [6.45, 7) is 4.30. The van der Waals surface area contributed by atoms with Gasteiger partial charge in [0.2, 0.25) is 0 Å². The van der Waals surface area contributed by atoms with Gasteiger partial charge in [-0.15, -0.1) is 0 Å². The first-order chi connectivity index (χ1) is 11.8. The van der Waals surface area contributed by atoms with Crippen LogP contribution in [0, 0.1) is 5.92 Å². The fourth-order valence-corrected chi connectivity index (χ4v) is 2.62. The maximum absolute atomic E-state index is 11.7. The highest BCUT2D eigenvalue weighted by Gasteiger charge is 2.15. The molecule has 0 bridgehead atoms. The highest BCUT2D eigenvalue weighted by atomic mass is 16.4. The van der Waals surface area contributed by atoms with Crippen LogP contribution in [-0.4, -0.2) is 27.1 Å². The summed E-state index contributed by atoms with van der Waals surface area (Å²) in [6.07, 6.45) is 8.98. The number of phenols is 2. The monoisotopic (exact) mass is 348 g/mol. The fourth-order valence-electron chi connectivity index (χ4n) is 2.62. The van der Waals surface area contributed by atoms with Gasteiger partial charge in [-0.3, -0.25) is 4.79 Å². The Kier molecular flexibility index (Phi) is 8.75. The molecule has 1 rings (SSSR count). The van der Waals surface area contributed by atoms with E-state index in [4.69, 9.17) is 5.11 Å². The number of Topliss-reactive ketones (excluding diaryl/α,β-unsaturated/α-hetero) is 1. The first kappa shape index (κ1) is 20.7. The summed E-state index contributed by atoms with van der Waals surface area (Å²) in [7, 11) is 0. The van der Waals surface area contributed by atoms with Crippen molar-refractivity contribution in [2.75, 3.05) is 0 Å². The van der Waals surface area contributed by atoms with Crippen molar-refractivity contribution in [2.45, 2.75) is 58.8 Å². The number of aromatic hydroxyl groups is 2. The minimum atomic E-state index is -1.25. The zero-order valence-corrected chi connectivity index (χ0v) is 15.0. The lowest BCUT2D eigenvalue weighted by Crippen LogP contribution is -2.00. The number of hydrogen-bond acceptors (Lipinski definition) is 4. The van der Waals surface area contributed by atoms with Crippen LogP contribution in [-0.2, 0) is 4.79 Å². The van der Waals surface area contributed by atoms with E-state index in [2.05, 4.69) is 13.8 Å². The summed E-state index contributed by atoms with van der Waals surface area (Å²) in [4.78, 5) is 22.9. The van der Waals surface area contributed by atoms with E-state index < -0.39 is 11.7 Å². The third-order valence-electron chi connectivity index (χ3n) is 3.96. The number of allylic oxidation sites excluding steroid dienone is 1. The van der Waals surface area contributed by atoms with Crippen LogP contribution in [0.5, 0.6) is 11.5 Å². The minimum absolute atomic E-state index is 0.186. The number of ketones is 1. The molecule has 0 saturated heterocycles. The third-order valence-corrected chi connectivity index (χ3v) is 3.96. The maximum atomic E-state index is 11.7. The number of carbonyl (C=O) groups excluding carboxylic acids is 1. The van der Waals surface area contributed by atoms with Crippen molar-refractivity contribution in [3.63, 3.8) is 0 Å². The number of unbranched alkanes of at least 4 members (excludes halogenated alkanes) is 2. The molecular weight excluding hydrogens is 320 g/mol. The van der Waals surface area contributed by atoms with Crippen molar-refractivity contribution < 1.29 is 24.9 Å². The van der Waals surface area contributed by atoms with Gasteiger partial charge >= 0.3 is 5.97 Å². The average molecular weight is 348 g/mol. The smallest absolute Gasteiger partial charge is 0.340 e. The Bertz CT molecular complexity index is 617. The van der Waals surface area contributed by atoms with Gasteiger partial charge in [0.25, 0.3) is 0 Å². The van der Waals surface area contributed by atoms with E-state index in [0.717, 1.165) is 31.7 Å². The Hall–Kier alpha value is -2.30. The summed E-state index contributed by atoms with van der Waals surface area (Å²) in [5.41, 5.74) is 0.0316. The van der Waals surface area contributed by atoms with E-state index in [9.17, 15) is 19.8 Å². The van der Waals surface area contributed by atoms with Gasteiger partial charge < -0.3 is 15.3 Å². The van der Waals surface area contributed by atoms with Crippen LogP contribution in [0.25, 0.3) is 6.08 Å². The summed E-state index contributed by atoms with van der Waals surface area (Å²) in [6, 6.07) is 2.31. The van der Waals surface area contributed by atoms with E-state index in [1.54, 1.807) is 12.2 Å². The second-order valence-corrected chi connectivity index (χ2v) is 6.71. The lowest BCUT2D eigenvalue weighted by atomic mass is 10.0. The molecule has 0 aromatic heterocycles. The standard InChI is InChI=1S/C20H28O5/c1-14(2)8-7-11-16(21)10-6-4-3-5-9-15-12-17(22)13-18(23)19(15)20(24)25/h5,9,12-14,22-23H,3-4,6-8,10-11H2,1-2H3,(H,24,25)/b9-5+. The Morgan fingerprint density at radius 3 is 2.40 bits per heavy atom. The van der Waals surface area contributed by atoms with Gasteiger partial charge in [0.1, 0.15) is 22.8 Å². The van der Waals surface area contributed by atoms with Crippen molar-refractivity contribution in [3.05, 3.63) is 29.3 Å². The molecule has 0 aliphatic rings. The fraction of sp³-hybridized carbons (Fsp3) is 0.500. The van der Waals surface area contributed by atoms with Gasteiger partial charge in [-0.05, 0) is 43.2 Å². The van der Waals surface area contributed by atoms with Crippen LogP contribution < -0.4 is 0 Å².